The second-order valence-electron chi connectivity index (χ2n) is 6.35. The van der Waals surface area contributed by atoms with Gasteiger partial charge in [-0.1, -0.05) is 29.8 Å². The average Bonchev–Trinajstić information content (AvgIpc) is 2.80. The second-order valence-corrected chi connectivity index (χ2v) is 7.64. The van der Waals surface area contributed by atoms with Gasteiger partial charge >= 0.3 is 5.97 Å². The first-order valence-electron chi connectivity index (χ1n) is 7.59. The van der Waals surface area contributed by atoms with Crippen LogP contribution in [0, 0.1) is 6.92 Å². The van der Waals surface area contributed by atoms with E-state index in [1.54, 1.807) is 0 Å². The van der Waals surface area contributed by atoms with Crippen molar-refractivity contribution in [1.82, 2.24) is 5.32 Å². The Hall–Kier alpha value is -1.00. The van der Waals surface area contributed by atoms with E-state index in [2.05, 4.69) is 36.5 Å². The highest BCUT2D eigenvalue weighted by atomic mass is 32.2. The minimum atomic E-state index is -0.724. The highest BCUT2D eigenvalue weighted by Crippen LogP contribution is 2.39. The van der Waals surface area contributed by atoms with Crippen LogP contribution in [0.4, 0.5) is 0 Å². The van der Waals surface area contributed by atoms with Crippen molar-refractivity contribution >= 4 is 17.7 Å². The molecule has 21 heavy (non-hydrogen) atoms. The number of carbonyl (C=O) groups is 1. The highest BCUT2D eigenvalue weighted by Gasteiger charge is 2.45. The SMILES string of the molecule is Cc1cccc(CSC2CCC(NC(C)C)(C(=O)O)C2)c1. The Morgan fingerprint density at radius 2 is 2.29 bits per heavy atom. The van der Waals surface area contributed by atoms with Crippen molar-refractivity contribution in [3.63, 3.8) is 0 Å². The van der Waals surface area contributed by atoms with Gasteiger partial charge < -0.3 is 5.11 Å². The normalized spacial score (nSPS) is 25.4. The fraction of sp³-hybridized carbons (Fsp3) is 0.588. The van der Waals surface area contributed by atoms with Gasteiger partial charge in [-0.15, -0.1) is 0 Å². The Morgan fingerprint density at radius 1 is 1.52 bits per heavy atom. The predicted molar refractivity (Wildman–Crippen MR) is 88.8 cm³/mol. The zero-order valence-electron chi connectivity index (χ0n) is 13.1. The third-order valence-corrected chi connectivity index (χ3v) is 5.39. The summed E-state index contributed by atoms with van der Waals surface area (Å²) in [5, 5.41) is 13.3. The van der Waals surface area contributed by atoms with E-state index in [1.807, 2.05) is 25.6 Å². The Bertz CT molecular complexity index is 503. The molecule has 3 nitrogen and oxygen atoms in total. The zero-order chi connectivity index (χ0) is 15.5. The Labute approximate surface area is 131 Å². The molecule has 1 aromatic carbocycles. The first-order valence-corrected chi connectivity index (χ1v) is 8.64. The minimum Gasteiger partial charge on any atom is -0.480 e. The number of rotatable bonds is 6. The molecule has 2 unspecified atom stereocenters. The van der Waals surface area contributed by atoms with Crippen LogP contribution in [0.1, 0.15) is 44.2 Å². The fourth-order valence-electron chi connectivity index (χ4n) is 3.10. The van der Waals surface area contributed by atoms with E-state index < -0.39 is 11.5 Å². The van der Waals surface area contributed by atoms with Crippen LogP contribution in [0.25, 0.3) is 0 Å². The summed E-state index contributed by atoms with van der Waals surface area (Å²) in [6, 6.07) is 8.74. The summed E-state index contributed by atoms with van der Waals surface area (Å²) in [5.74, 6) is 0.263. The topological polar surface area (TPSA) is 49.3 Å². The number of hydrogen-bond acceptors (Lipinski definition) is 3. The lowest BCUT2D eigenvalue weighted by molar-refractivity contribution is -0.145. The molecule has 0 saturated heterocycles. The third kappa shape index (κ3) is 4.24. The minimum absolute atomic E-state index is 0.196. The van der Waals surface area contributed by atoms with Gasteiger partial charge in [0.15, 0.2) is 0 Å². The number of thioether (sulfide) groups is 1. The van der Waals surface area contributed by atoms with Gasteiger partial charge in [-0.3, -0.25) is 10.1 Å². The van der Waals surface area contributed by atoms with Crippen LogP contribution < -0.4 is 5.32 Å². The highest BCUT2D eigenvalue weighted by molar-refractivity contribution is 7.99. The molecule has 2 atom stereocenters. The van der Waals surface area contributed by atoms with Gasteiger partial charge in [-0.2, -0.15) is 11.8 Å². The van der Waals surface area contributed by atoms with E-state index in [4.69, 9.17) is 0 Å². The summed E-state index contributed by atoms with van der Waals surface area (Å²) in [7, 11) is 0. The molecule has 0 amide bonds. The number of aryl methyl sites for hydroxylation is 1. The van der Waals surface area contributed by atoms with Crippen molar-refractivity contribution in [3.8, 4) is 0 Å². The molecule has 0 aliphatic heterocycles. The number of hydrogen-bond donors (Lipinski definition) is 2. The maximum atomic E-state index is 11.7. The largest absolute Gasteiger partial charge is 0.480 e. The molecule has 2 N–H and O–H groups in total. The van der Waals surface area contributed by atoms with Crippen LogP contribution in [-0.2, 0) is 10.5 Å². The van der Waals surface area contributed by atoms with E-state index in [1.165, 1.54) is 11.1 Å². The number of nitrogens with one attached hydrogen (secondary N) is 1. The van der Waals surface area contributed by atoms with Crippen LogP contribution >= 0.6 is 11.8 Å². The molecule has 0 heterocycles. The lowest BCUT2D eigenvalue weighted by Crippen LogP contribution is -2.53. The van der Waals surface area contributed by atoms with Gasteiger partial charge in [-0.25, -0.2) is 0 Å². The fourth-order valence-corrected chi connectivity index (χ4v) is 4.39. The predicted octanol–water partition coefficient (Wildman–Crippen LogP) is 3.60. The summed E-state index contributed by atoms with van der Waals surface area (Å²) in [6.45, 7) is 6.13. The van der Waals surface area contributed by atoms with Gasteiger partial charge in [0.25, 0.3) is 0 Å². The monoisotopic (exact) mass is 307 g/mol. The molecule has 0 spiro atoms. The van der Waals surface area contributed by atoms with Crippen LogP contribution in [0.15, 0.2) is 24.3 Å². The van der Waals surface area contributed by atoms with Gasteiger partial charge in [0.1, 0.15) is 5.54 Å². The van der Waals surface area contributed by atoms with E-state index >= 15 is 0 Å². The van der Waals surface area contributed by atoms with Crippen molar-refractivity contribution in [3.05, 3.63) is 35.4 Å². The Morgan fingerprint density at radius 3 is 2.90 bits per heavy atom. The van der Waals surface area contributed by atoms with Crippen molar-refractivity contribution in [2.75, 3.05) is 0 Å². The number of benzene rings is 1. The lowest BCUT2D eigenvalue weighted by atomic mass is 9.97. The smallest absolute Gasteiger partial charge is 0.323 e. The third-order valence-electron chi connectivity index (χ3n) is 4.01. The number of carboxylic acid groups (broad SMARTS) is 1. The van der Waals surface area contributed by atoms with E-state index in [-0.39, 0.29) is 6.04 Å². The van der Waals surface area contributed by atoms with Crippen molar-refractivity contribution < 1.29 is 9.90 Å². The van der Waals surface area contributed by atoms with E-state index in [0.717, 1.165) is 25.0 Å². The van der Waals surface area contributed by atoms with E-state index in [0.29, 0.717) is 5.25 Å². The Kier molecular flexibility index (Phi) is 5.33. The summed E-state index contributed by atoms with van der Waals surface area (Å²) < 4.78 is 0. The summed E-state index contributed by atoms with van der Waals surface area (Å²) in [6.07, 6.45) is 2.42. The molecule has 1 aromatic rings. The molecule has 2 rings (SSSR count). The van der Waals surface area contributed by atoms with Crippen LogP contribution in [-0.4, -0.2) is 27.9 Å². The summed E-state index contributed by atoms with van der Waals surface area (Å²) >= 11 is 1.89. The quantitative estimate of drug-likeness (QED) is 0.843. The molecule has 0 aromatic heterocycles. The lowest BCUT2D eigenvalue weighted by Gasteiger charge is -2.28. The maximum Gasteiger partial charge on any atom is 0.323 e. The molecule has 4 heteroatoms. The molecule has 1 saturated carbocycles. The van der Waals surface area contributed by atoms with Crippen molar-refractivity contribution in [2.24, 2.45) is 0 Å². The molecule has 1 aliphatic rings. The molecule has 0 radical (unpaired) electrons. The molecule has 0 bridgehead atoms. The number of aliphatic carboxylic acids is 1. The van der Waals surface area contributed by atoms with Gasteiger partial charge in [-0.05, 0) is 45.6 Å². The van der Waals surface area contributed by atoms with Crippen LogP contribution in [0.2, 0.25) is 0 Å². The summed E-state index contributed by atoms with van der Waals surface area (Å²) in [4.78, 5) is 11.7. The molecular formula is C17H25NO2S. The molecule has 1 aliphatic carbocycles. The molecule has 116 valence electrons. The standard InChI is InChI=1S/C17H25NO2S/c1-12(2)18-17(16(19)20)8-7-15(10-17)21-11-14-6-4-5-13(3)9-14/h4-6,9,12,15,18H,7-8,10-11H2,1-3H3,(H,19,20). The van der Waals surface area contributed by atoms with Gasteiger partial charge in [0.05, 0.1) is 0 Å². The van der Waals surface area contributed by atoms with Crippen molar-refractivity contribution in [2.45, 2.75) is 62.6 Å². The molecular weight excluding hydrogens is 282 g/mol. The maximum absolute atomic E-state index is 11.7. The summed E-state index contributed by atoms with van der Waals surface area (Å²) in [5.41, 5.74) is 1.88. The van der Waals surface area contributed by atoms with Crippen LogP contribution in [0.3, 0.4) is 0 Å². The second kappa shape index (κ2) is 6.84. The zero-order valence-corrected chi connectivity index (χ0v) is 13.9. The first-order chi connectivity index (χ1) is 9.91. The van der Waals surface area contributed by atoms with Gasteiger partial charge in [0.2, 0.25) is 0 Å². The first kappa shape index (κ1) is 16.4. The van der Waals surface area contributed by atoms with Crippen LogP contribution in [0.5, 0.6) is 0 Å². The average molecular weight is 307 g/mol. The number of carboxylic acids is 1. The molecule has 1 fully saturated rings. The Balaban J connectivity index is 1.93. The van der Waals surface area contributed by atoms with E-state index in [9.17, 15) is 9.90 Å². The van der Waals surface area contributed by atoms with Gasteiger partial charge in [0, 0.05) is 17.0 Å². The van der Waals surface area contributed by atoms with Crippen molar-refractivity contribution in [1.29, 1.82) is 0 Å².